The number of hydrogen-bond donors (Lipinski definition) is 2. The number of benzene rings is 1. The average molecular weight is 479 g/mol. The molecule has 0 radical (unpaired) electrons. The molecule has 2 aliphatic heterocycles. The lowest BCUT2D eigenvalue weighted by atomic mass is 9.67. The molecule has 3 aliphatic rings. The molecule has 1 aliphatic carbocycles. The van der Waals surface area contributed by atoms with E-state index in [4.69, 9.17) is 27.9 Å². The minimum absolute atomic E-state index is 0.0684. The van der Waals surface area contributed by atoms with Crippen molar-refractivity contribution in [2.75, 3.05) is 19.6 Å². The SMILES string of the molecule is CC12CC=C(Cl)C=C1NCC(CC(=O)N1CCC(O)(Cc3ccc(Cl)cc3)C(C)(C)C1)O2. The summed E-state index contributed by atoms with van der Waals surface area (Å²) in [5, 5.41) is 16.3. The van der Waals surface area contributed by atoms with E-state index in [0.29, 0.717) is 55.4 Å². The van der Waals surface area contributed by atoms with Gasteiger partial charge in [-0.2, -0.15) is 0 Å². The van der Waals surface area contributed by atoms with Crippen molar-refractivity contribution in [2.24, 2.45) is 5.41 Å². The summed E-state index contributed by atoms with van der Waals surface area (Å²) in [5.41, 5.74) is 0.215. The molecule has 7 heteroatoms. The number of nitrogens with zero attached hydrogens (tertiary/aromatic N) is 1. The Hall–Kier alpha value is -1.53. The maximum Gasteiger partial charge on any atom is 0.225 e. The average Bonchev–Trinajstić information content (AvgIpc) is 2.72. The van der Waals surface area contributed by atoms with Crippen molar-refractivity contribution < 1.29 is 14.6 Å². The van der Waals surface area contributed by atoms with Crippen molar-refractivity contribution in [1.82, 2.24) is 10.2 Å². The molecule has 32 heavy (non-hydrogen) atoms. The predicted molar refractivity (Wildman–Crippen MR) is 128 cm³/mol. The molecule has 0 saturated carbocycles. The molecule has 0 spiro atoms. The van der Waals surface area contributed by atoms with E-state index >= 15 is 0 Å². The van der Waals surface area contributed by atoms with Crippen LogP contribution in [0.2, 0.25) is 5.02 Å². The van der Waals surface area contributed by atoms with E-state index in [1.165, 1.54) is 0 Å². The van der Waals surface area contributed by atoms with Crippen molar-refractivity contribution in [3.05, 3.63) is 57.7 Å². The van der Waals surface area contributed by atoms with Crippen LogP contribution in [0, 0.1) is 5.41 Å². The van der Waals surface area contributed by atoms with Crippen molar-refractivity contribution in [2.45, 2.75) is 63.8 Å². The summed E-state index contributed by atoms with van der Waals surface area (Å²) in [4.78, 5) is 15.0. The Morgan fingerprint density at radius 1 is 1.25 bits per heavy atom. The summed E-state index contributed by atoms with van der Waals surface area (Å²) >= 11 is 12.1. The number of ether oxygens (including phenoxy) is 1. The van der Waals surface area contributed by atoms with Crippen LogP contribution >= 0.6 is 23.2 Å². The van der Waals surface area contributed by atoms with E-state index in [1.54, 1.807) is 0 Å². The smallest absolute Gasteiger partial charge is 0.225 e. The highest BCUT2D eigenvalue weighted by atomic mass is 35.5. The molecule has 2 saturated heterocycles. The number of halogens is 2. The van der Waals surface area contributed by atoms with Crippen LogP contribution in [0.4, 0.5) is 0 Å². The summed E-state index contributed by atoms with van der Waals surface area (Å²) in [7, 11) is 0. The second kappa shape index (κ2) is 8.68. The molecule has 3 atom stereocenters. The highest BCUT2D eigenvalue weighted by molar-refractivity contribution is 6.31. The Morgan fingerprint density at radius 2 is 1.97 bits per heavy atom. The summed E-state index contributed by atoms with van der Waals surface area (Å²) in [6, 6.07) is 7.61. The molecule has 0 aromatic heterocycles. The Labute approximate surface area is 200 Å². The van der Waals surface area contributed by atoms with Crippen LogP contribution in [0.25, 0.3) is 0 Å². The first-order valence-electron chi connectivity index (χ1n) is 11.2. The first kappa shape index (κ1) is 23.6. The first-order chi connectivity index (χ1) is 15.0. The van der Waals surface area contributed by atoms with E-state index in [1.807, 2.05) is 62.1 Å². The zero-order valence-electron chi connectivity index (χ0n) is 19.0. The van der Waals surface area contributed by atoms with Gasteiger partial charge < -0.3 is 20.1 Å². The lowest BCUT2D eigenvalue weighted by Gasteiger charge is -2.51. The Morgan fingerprint density at radius 3 is 2.66 bits per heavy atom. The van der Waals surface area contributed by atoms with Crippen molar-refractivity contribution in [3.63, 3.8) is 0 Å². The van der Waals surface area contributed by atoms with Crippen LogP contribution in [-0.2, 0) is 16.0 Å². The van der Waals surface area contributed by atoms with Gasteiger partial charge in [0.25, 0.3) is 0 Å². The van der Waals surface area contributed by atoms with Gasteiger partial charge >= 0.3 is 0 Å². The van der Waals surface area contributed by atoms with Gasteiger partial charge in [0.05, 0.1) is 18.1 Å². The van der Waals surface area contributed by atoms with Gasteiger partial charge in [-0.3, -0.25) is 4.79 Å². The molecule has 4 rings (SSSR count). The van der Waals surface area contributed by atoms with Gasteiger partial charge in [0, 0.05) is 53.6 Å². The predicted octanol–water partition coefficient (Wildman–Crippen LogP) is 4.42. The van der Waals surface area contributed by atoms with Crippen LogP contribution in [0.5, 0.6) is 0 Å². The standard InChI is InChI=1S/C25H32Cl2N2O3/c1-23(2)16-29(11-10-25(23,31)14-17-4-6-18(26)7-5-17)22(30)13-20-15-28-21-12-19(27)8-9-24(21,3)32-20/h4-8,12,20,28,31H,9-11,13-16H2,1-3H3. The first-order valence-corrected chi connectivity index (χ1v) is 12.0. The summed E-state index contributed by atoms with van der Waals surface area (Å²) in [6.07, 6.45) is 5.73. The van der Waals surface area contributed by atoms with Gasteiger partial charge in [0.2, 0.25) is 5.91 Å². The minimum atomic E-state index is -0.888. The Balaban J connectivity index is 1.37. The lowest BCUT2D eigenvalue weighted by Crippen LogP contribution is -2.60. The molecule has 1 aromatic rings. The normalized spacial score (nSPS) is 31.8. The molecular weight excluding hydrogens is 447 g/mol. The number of carbonyl (C=O) groups is 1. The van der Waals surface area contributed by atoms with E-state index in [2.05, 4.69) is 5.32 Å². The summed E-state index contributed by atoms with van der Waals surface area (Å²) in [6.45, 7) is 7.73. The van der Waals surface area contributed by atoms with Crippen molar-refractivity contribution in [3.8, 4) is 0 Å². The largest absolute Gasteiger partial charge is 0.389 e. The number of morpholine rings is 1. The van der Waals surface area contributed by atoms with E-state index in [0.717, 1.165) is 11.3 Å². The van der Waals surface area contributed by atoms with Crippen molar-refractivity contribution in [1.29, 1.82) is 0 Å². The number of nitrogens with one attached hydrogen (secondary N) is 1. The van der Waals surface area contributed by atoms with Gasteiger partial charge in [-0.05, 0) is 37.1 Å². The van der Waals surface area contributed by atoms with Gasteiger partial charge in [0.1, 0.15) is 5.60 Å². The number of rotatable bonds is 4. The second-order valence-electron chi connectivity index (χ2n) is 10.2. The molecular formula is C25H32Cl2N2O3. The fourth-order valence-corrected chi connectivity index (χ4v) is 5.33. The van der Waals surface area contributed by atoms with E-state index < -0.39 is 16.6 Å². The van der Waals surface area contributed by atoms with Gasteiger partial charge in [-0.15, -0.1) is 0 Å². The number of aliphatic hydroxyl groups is 1. The maximum absolute atomic E-state index is 13.2. The molecule has 2 N–H and O–H groups in total. The second-order valence-corrected chi connectivity index (χ2v) is 11.1. The quantitative estimate of drug-likeness (QED) is 0.672. The van der Waals surface area contributed by atoms with Crippen LogP contribution in [0.3, 0.4) is 0 Å². The number of piperidine rings is 1. The molecule has 2 heterocycles. The van der Waals surface area contributed by atoms with Crippen LogP contribution in [-0.4, -0.2) is 52.9 Å². The molecule has 5 nitrogen and oxygen atoms in total. The zero-order chi connectivity index (χ0) is 23.1. The summed E-state index contributed by atoms with van der Waals surface area (Å²) < 4.78 is 6.33. The van der Waals surface area contributed by atoms with Crippen LogP contribution in [0.1, 0.15) is 45.6 Å². The molecule has 3 unspecified atom stereocenters. The Bertz CT molecular complexity index is 943. The number of allylic oxidation sites excluding steroid dienone is 2. The third-order valence-corrected chi connectivity index (χ3v) is 7.81. The minimum Gasteiger partial charge on any atom is -0.389 e. The van der Waals surface area contributed by atoms with Crippen molar-refractivity contribution >= 4 is 29.1 Å². The number of hydrogen-bond acceptors (Lipinski definition) is 4. The van der Waals surface area contributed by atoms with Gasteiger partial charge in [0.15, 0.2) is 0 Å². The fraction of sp³-hybridized carbons (Fsp3) is 0.560. The highest BCUT2D eigenvalue weighted by Crippen LogP contribution is 2.42. The van der Waals surface area contributed by atoms with Gasteiger partial charge in [-0.25, -0.2) is 0 Å². The molecule has 1 aromatic carbocycles. The molecule has 0 bridgehead atoms. The fourth-order valence-electron chi connectivity index (χ4n) is 5.01. The number of carbonyl (C=O) groups excluding carboxylic acids is 1. The highest BCUT2D eigenvalue weighted by Gasteiger charge is 2.49. The maximum atomic E-state index is 13.2. The molecule has 1 amide bonds. The number of fused-ring (bicyclic) bond motifs is 1. The third-order valence-electron chi connectivity index (χ3n) is 7.29. The lowest BCUT2D eigenvalue weighted by molar-refractivity contribution is -0.156. The van der Waals surface area contributed by atoms with Crippen LogP contribution in [0.15, 0.2) is 47.1 Å². The molecule has 174 valence electrons. The van der Waals surface area contributed by atoms with Gasteiger partial charge in [-0.1, -0.05) is 55.3 Å². The van der Waals surface area contributed by atoms with E-state index in [-0.39, 0.29) is 12.0 Å². The topological polar surface area (TPSA) is 61.8 Å². The monoisotopic (exact) mass is 478 g/mol. The summed E-state index contributed by atoms with van der Waals surface area (Å²) in [5.74, 6) is 0.0684. The van der Waals surface area contributed by atoms with Crippen LogP contribution < -0.4 is 5.32 Å². The number of likely N-dealkylation sites (tertiary alicyclic amines) is 1. The van der Waals surface area contributed by atoms with E-state index in [9.17, 15) is 9.90 Å². The zero-order valence-corrected chi connectivity index (χ0v) is 20.5. The molecule has 2 fully saturated rings. The third kappa shape index (κ3) is 4.72. The Kier molecular flexibility index (Phi) is 6.40. The number of amides is 1.